The third-order valence-corrected chi connectivity index (χ3v) is 2.61. The van der Waals surface area contributed by atoms with E-state index in [1.54, 1.807) is 0 Å². The molecule has 0 heteroatoms. The van der Waals surface area contributed by atoms with Gasteiger partial charge in [-0.3, -0.25) is 0 Å². The second-order valence-electron chi connectivity index (χ2n) is 3.75. The molecule has 1 aromatic carbocycles. The maximum Gasteiger partial charge on any atom is 0.0289 e. The molecule has 0 radical (unpaired) electrons. The highest BCUT2D eigenvalue weighted by atomic mass is 14.2. The van der Waals surface area contributed by atoms with Crippen LogP contribution in [0.2, 0.25) is 0 Å². The van der Waals surface area contributed by atoms with Crippen molar-refractivity contribution in [2.24, 2.45) is 0 Å². The average molecular weight is 182 g/mol. The predicted octanol–water partition coefficient (Wildman–Crippen LogP) is 3.63. The summed E-state index contributed by atoms with van der Waals surface area (Å²) >= 11 is 0. The van der Waals surface area contributed by atoms with E-state index in [4.69, 9.17) is 0 Å². The number of hydrogen-bond donors (Lipinski definition) is 0. The predicted molar refractivity (Wildman–Crippen MR) is 61.2 cm³/mol. The Labute approximate surface area is 85.3 Å². The standard InChI is InChI=1S/C14H14/c1-14(11-7-2-3-8-12-14)13-9-5-4-6-10-13/h2-12H,1H3. The fourth-order valence-corrected chi connectivity index (χ4v) is 1.68. The summed E-state index contributed by atoms with van der Waals surface area (Å²) in [6, 6.07) is 10.6. The third kappa shape index (κ3) is 1.69. The van der Waals surface area contributed by atoms with Gasteiger partial charge in [-0.05, 0) is 12.5 Å². The van der Waals surface area contributed by atoms with E-state index in [1.165, 1.54) is 5.56 Å². The first-order valence-electron chi connectivity index (χ1n) is 4.90. The lowest BCUT2D eigenvalue weighted by Crippen LogP contribution is -2.14. The van der Waals surface area contributed by atoms with Crippen LogP contribution in [0, 0.1) is 0 Å². The monoisotopic (exact) mass is 182 g/mol. The zero-order valence-corrected chi connectivity index (χ0v) is 8.35. The van der Waals surface area contributed by atoms with Crippen LogP contribution in [0.25, 0.3) is 0 Å². The molecule has 1 aromatic rings. The van der Waals surface area contributed by atoms with Crippen LogP contribution >= 0.6 is 0 Å². The van der Waals surface area contributed by atoms with Gasteiger partial charge in [-0.15, -0.1) is 0 Å². The normalized spacial score (nSPS) is 18.1. The number of rotatable bonds is 1. The van der Waals surface area contributed by atoms with E-state index in [9.17, 15) is 0 Å². The lowest BCUT2D eigenvalue weighted by molar-refractivity contribution is 0.759. The van der Waals surface area contributed by atoms with Crippen molar-refractivity contribution in [2.75, 3.05) is 0 Å². The van der Waals surface area contributed by atoms with Crippen molar-refractivity contribution in [3.05, 3.63) is 72.4 Å². The Morgan fingerprint density at radius 3 is 1.93 bits per heavy atom. The molecule has 0 fully saturated rings. The van der Waals surface area contributed by atoms with Gasteiger partial charge in [-0.25, -0.2) is 0 Å². The van der Waals surface area contributed by atoms with E-state index in [0.717, 1.165) is 0 Å². The van der Waals surface area contributed by atoms with Crippen molar-refractivity contribution in [3.63, 3.8) is 0 Å². The summed E-state index contributed by atoms with van der Waals surface area (Å²) in [5, 5.41) is 0. The van der Waals surface area contributed by atoms with Gasteiger partial charge in [0.1, 0.15) is 0 Å². The Bertz CT molecular complexity index is 364. The molecule has 0 unspecified atom stereocenters. The Hall–Kier alpha value is -1.56. The van der Waals surface area contributed by atoms with E-state index in [0.29, 0.717) is 0 Å². The first-order valence-corrected chi connectivity index (χ1v) is 4.90. The van der Waals surface area contributed by atoms with Crippen molar-refractivity contribution < 1.29 is 0 Å². The topological polar surface area (TPSA) is 0 Å². The molecule has 1 aliphatic rings. The Balaban J connectivity index is 2.42. The van der Waals surface area contributed by atoms with Crippen LogP contribution in [0.4, 0.5) is 0 Å². The minimum Gasteiger partial charge on any atom is -0.0705 e. The highest BCUT2D eigenvalue weighted by molar-refractivity contribution is 5.39. The molecular formula is C14H14. The smallest absolute Gasteiger partial charge is 0.0289 e. The van der Waals surface area contributed by atoms with Crippen LogP contribution in [0.5, 0.6) is 0 Å². The third-order valence-electron chi connectivity index (χ3n) is 2.61. The Morgan fingerprint density at radius 1 is 0.786 bits per heavy atom. The van der Waals surface area contributed by atoms with E-state index < -0.39 is 0 Å². The maximum absolute atomic E-state index is 2.22. The van der Waals surface area contributed by atoms with Gasteiger partial charge in [0.15, 0.2) is 0 Å². The van der Waals surface area contributed by atoms with Crippen molar-refractivity contribution in [1.82, 2.24) is 0 Å². The van der Waals surface area contributed by atoms with Crippen molar-refractivity contribution in [3.8, 4) is 0 Å². The molecule has 0 heterocycles. The lowest BCUT2D eigenvalue weighted by Gasteiger charge is -2.21. The van der Waals surface area contributed by atoms with Crippen molar-refractivity contribution >= 4 is 0 Å². The van der Waals surface area contributed by atoms with Crippen LogP contribution in [0.15, 0.2) is 66.8 Å². The highest BCUT2D eigenvalue weighted by Crippen LogP contribution is 2.27. The molecule has 0 N–H and O–H groups in total. The summed E-state index contributed by atoms with van der Waals surface area (Å²) in [5.74, 6) is 0. The van der Waals surface area contributed by atoms with E-state index in [1.807, 2.05) is 0 Å². The second-order valence-corrected chi connectivity index (χ2v) is 3.75. The van der Waals surface area contributed by atoms with E-state index in [-0.39, 0.29) is 5.41 Å². The molecule has 0 bridgehead atoms. The molecule has 1 aliphatic carbocycles. The molecule has 70 valence electrons. The molecule has 0 aliphatic heterocycles. The molecule has 2 rings (SSSR count). The lowest BCUT2D eigenvalue weighted by atomic mass is 9.82. The summed E-state index contributed by atoms with van der Waals surface area (Å²) < 4.78 is 0. The van der Waals surface area contributed by atoms with E-state index >= 15 is 0 Å². The molecule has 0 amide bonds. The molecule has 0 saturated heterocycles. The molecule has 14 heavy (non-hydrogen) atoms. The Kier molecular flexibility index (Phi) is 2.36. The number of benzene rings is 1. The second kappa shape index (κ2) is 3.67. The van der Waals surface area contributed by atoms with Gasteiger partial charge in [-0.2, -0.15) is 0 Å². The summed E-state index contributed by atoms with van der Waals surface area (Å²) in [7, 11) is 0. The van der Waals surface area contributed by atoms with Crippen LogP contribution in [-0.2, 0) is 5.41 Å². The summed E-state index contributed by atoms with van der Waals surface area (Å²) in [6.07, 6.45) is 12.8. The Morgan fingerprint density at radius 2 is 1.36 bits per heavy atom. The molecular weight excluding hydrogens is 168 g/mol. The van der Waals surface area contributed by atoms with Crippen molar-refractivity contribution in [2.45, 2.75) is 12.3 Å². The maximum atomic E-state index is 2.22. The largest absolute Gasteiger partial charge is 0.0705 e. The van der Waals surface area contributed by atoms with Gasteiger partial charge < -0.3 is 0 Å². The summed E-state index contributed by atoms with van der Waals surface area (Å²) in [6.45, 7) is 2.22. The highest BCUT2D eigenvalue weighted by Gasteiger charge is 2.19. The minimum absolute atomic E-state index is 0.0325. The first kappa shape index (κ1) is 9.01. The SMILES string of the molecule is CC1(c2ccccc2)C=CC=CC=C1. The fraction of sp³-hybridized carbons (Fsp3) is 0.143. The van der Waals surface area contributed by atoms with Gasteiger partial charge in [0.2, 0.25) is 0 Å². The number of hydrogen-bond acceptors (Lipinski definition) is 0. The fourth-order valence-electron chi connectivity index (χ4n) is 1.68. The van der Waals surface area contributed by atoms with Gasteiger partial charge >= 0.3 is 0 Å². The van der Waals surface area contributed by atoms with Crippen LogP contribution < -0.4 is 0 Å². The van der Waals surface area contributed by atoms with Gasteiger partial charge in [0.05, 0.1) is 0 Å². The van der Waals surface area contributed by atoms with Crippen LogP contribution in [-0.4, -0.2) is 0 Å². The number of allylic oxidation sites excluding steroid dienone is 6. The molecule has 0 saturated carbocycles. The molecule has 0 atom stereocenters. The molecule has 0 nitrogen and oxygen atoms in total. The average Bonchev–Trinajstić information content (AvgIpc) is 2.46. The summed E-state index contributed by atoms with van der Waals surface area (Å²) in [5.41, 5.74) is 1.36. The van der Waals surface area contributed by atoms with Gasteiger partial charge in [0.25, 0.3) is 0 Å². The van der Waals surface area contributed by atoms with Crippen LogP contribution in [0.1, 0.15) is 12.5 Å². The molecule has 0 spiro atoms. The van der Waals surface area contributed by atoms with Gasteiger partial charge in [-0.1, -0.05) is 66.8 Å². The molecule has 0 aromatic heterocycles. The van der Waals surface area contributed by atoms with Crippen molar-refractivity contribution in [1.29, 1.82) is 0 Å². The van der Waals surface area contributed by atoms with Crippen LogP contribution in [0.3, 0.4) is 0 Å². The van der Waals surface area contributed by atoms with E-state index in [2.05, 4.69) is 73.7 Å². The zero-order valence-electron chi connectivity index (χ0n) is 8.35. The summed E-state index contributed by atoms with van der Waals surface area (Å²) in [4.78, 5) is 0. The van der Waals surface area contributed by atoms with Gasteiger partial charge in [0, 0.05) is 5.41 Å². The zero-order chi connectivity index (χ0) is 9.86. The quantitative estimate of drug-likeness (QED) is 0.622. The minimum atomic E-state index is 0.0325. The first-order chi connectivity index (χ1) is 6.81.